The molecule has 6 heteroatoms. The smallest absolute Gasteiger partial charge is 0.317 e. The van der Waals surface area contributed by atoms with Crippen LogP contribution in [0, 0.1) is 0 Å². The van der Waals surface area contributed by atoms with Crippen LogP contribution < -0.4 is 5.32 Å². The van der Waals surface area contributed by atoms with Crippen LogP contribution in [0.2, 0.25) is 0 Å². The molecule has 0 bridgehead atoms. The van der Waals surface area contributed by atoms with E-state index in [1.807, 2.05) is 9.80 Å². The largest absolute Gasteiger partial charge is 0.383 e. The summed E-state index contributed by atoms with van der Waals surface area (Å²) >= 11 is 0. The molecule has 2 fully saturated rings. The number of hydrogen-bond acceptors (Lipinski definition) is 3. The highest BCUT2D eigenvalue weighted by molar-refractivity contribution is 5.76. The highest BCUT2D eigenvalue weighted by Crippen LogP contribution is 2.29. The van der Waals surface area contributed by atoms with E-state index in [2.05, 4.69) is 5.32 Å². The second-order valence-corrected chi connectivity index (χ2v) is 5.62. The van der Waals surface area contributed by atoms with E-state index >= 15 is 0 Å². The topological polar surface area (TPSA) is 61.9 Å². The van der Waals surface area contributed by atoms with E-state index in [0.717, 1.165) is 32.2 Å². The summed E-state index contributed by atoms with van der Waals surface area (Å²) in [6.45, 7) is 4.12. The number of methoxy groups -OCH3 is 1. The van der Waals surface area contributed by atoms with Gasteiger partial charge in [0.15, 0.2) is 0 Å². The molecular formula is C14H25N3O3. The third-order valence-electron chi connectivity index (χ3n) is 4.02. The molecule has 0 unspecified atom stereocenters. The number of carbonyl (C=O) groups is 2. The van der Waals surface area contributed by atoms with Crippen molar-refractivity contribution in [1.29, 1.82) is 0 Å². The van der Waals surface area contributed by atoms with Gasteiger partial charge in [0, 0.05) is 39.7 Å². The first-order chi connectivity index (χ1) is 9.63. The number of hydrogen-bond donors (Lipinski definition) is 1. The first kappa shape index (κ1) is 15.1. The summed E-state index contributed by atoms with van der Waals surface area (Å²) < 4.78 is 4.93. The molecular weight excluding hydrogens is 258 g/mol. The Kier molecular flexibility index (Phi) is 5.23. The summed E-state index contributed by atoms with van der Waals surface area (Å²) in [5, 5.41) is 2.86. The minimum absolute atomic E-state index is 0.0381. The van der Waals surface area contributed by atoms with Gasteiger partial charge < -0.3 is 19.9 Å². The summed E-state index contributed by atoms with van der Waals surface area (Å²) in [6, 6.07) is 0.525. The Bertz CT molecular complexity index is 358. The van der Waals surface area contributed by atoms with Crippen LogP contribution >= 0.6 is 0 Å². The van der Waals surface area contributed by atoms with Crippen LogP contribution in [-0.4, -0.2) is 67.2 Å². The molecule has 0 aromatic rings. The SMILES string of the molecule is COCCNC(=O)N1CCC[C@@H]1CN(C(C)=O)C1CC1. The van der Waals surface area contributed by atoms with Crippen LogP contribution in [0.5, 0.6) is 0 Å². The molecule has 20 heavy (non-hydrogen) atoms. The average Bonchev–Trinajstić information content (AvgIpc) is 3.14. The number of amides is 3. The molecule has 2 rings (SSSR count). The fraction of sp³-hybridized carbons (Fsp3) is 0.857. The first-order valence-corrected chi connectivity index (χ1v) is 7.44. The van der Waals surface area contributed by atoms with Gasteiger partial charge in [-0.25, -0.2) is 4.79 Å². The van der Waals surface area contributed by atoms with Gasteiger partial charge in [-0.15, -0.1) is 0 Å². The molecule has 0 aromatic carbocycles. The Hall–Kier alpha value is -1.30. The van der Waals surface area contributed by atoms with Crippen molar-refractivity contribution >= 4 is 11.9 Å². The Morgan fingerprint density at radius 2 is 2.10 bits per heavy atom. The molecule has 1 aliphatic carbocycles. The molecule has 0 aromatic heterocycles. The van der Waals surface area contributed by atoms with Crippen molar-refractivity contribution in [2.45, 2.75) is 44.7 Å². The lowest BCUT2D eigenvalue weighted by Crippen LogP contribution is -2.49. The standard InChI is InChI=1S/C14H25N3O3/c1-11(18)17(12-5-6-12)10-13-4-3-8-16(13)14(19)15-7-9-20-2/h12-13H,3-10H2,1-2H3,(H,15,19)/t13-/m1/s1. The van der Waals surface area contributed by atoms with Gasteiger partial charge >= 0.3 is 6.03 Å². The molecule has 1 N–H and O–H groups in total. The summed E-state index contributed by atoms with van der Waals surface area (Å²) in [7, 11) is 1.62. The summed E-state index contributed by atoms with van der Waals surface area (Å²) in [5.41, 5.74) is 0. The van der Waals surface area contributed by atoms with E-state index < -0.39 is 0 Å². The van der Waals surface area contributed by atoms with Gasteiger partial charge in [0.2, 0.25) is 5.91 Å². The Balaban J connectivity index is 1.86. The van der Waals surface area contributed by atoms with Crippen molar-refractivity contribution in [1.82, 2.24) is 15.1 Å². The van der Waals surface area contributed by atoms with Crippen LogP contribution in [0.4, 0.5) is 4.79 Å². The maximum absolute atomic E-state index is 12.1. The molecule has 1 saturated heterocycles. The Morgan fingerprint density at radius 1 is 1.35 bits per heavy atom. The van der Waals surface area contributed by atoms with Crippen molar-refractivity contribution in [3.63, 3.8) is 0 Å². The van der Waals surface area contributed by atoms with E-state index in [0.29, 0.717) is 25.7 Å². The first-order valence-electron chi connectivity index (χ1n) is 7.44. The zero-order chi connectivity index (χ0) is 14.5. The number of nitrogens with one attached hydrogen (secondary N) is 1. The Morgan fingerprint density at radius 3 is 2.70 bits per heavy atom. The lowest BCUT2D eigenvalue weighted by molar-refractivity contribution is -0.130. The average molecular weight is 283 g/mol. The Labute approximate surface area is 120 Å². The highest BCUT2D eigenvalue weighted by Gasteiger charge is 2.36. The van der Waals surface area contributed by atoms with Crippen molar-refractivity contribution in [2.24, 2.45) is 0 Å². The van der Waals surface area contributed by atoms with Crippen LogP contribution in [0.15, 0.2) is 0 Å². The molecule has 1 saturated carbocycles. The highest BCUT2D eigenvalue weighted by atomic mass is 16.5. The van der Waals surface area contributed by atoms with Gasteiger partial charge in [-0.3, -0.25) is 4.79 Å². The van der Waals surface area contributed by atoms with Crippen molar-refractivity contribution in [2.75, 3.05) is 33.4 Å². The van der Waals surface area contributed by atoms with Crippen LogP contribution in [-0.2, 0) is 9.53 Å². The molecule has 2 aliphatic rings. The summed E-state index contributed by atoms with van der Waals surface area (Å²) in [6.07, 6.45) is 4.20. The quantitative estimate of drug-likeness (QED) is 0.734. The van der Waals surface area contributed by atoms with Crippen LogP contribution in [0.1, 0.15) is 32.6 Å². The molecule has 1 atom stereocenters. The van der Waals surface area contributed by atoms with Gasteiger partial charge in [0.25, 0.3) is 0 Å². The van der Waals surface area contributed by atoms with E-state index in [1.165, 1.54) is 0 Å². The minimum atomic E-state index is -0.0381. The normalized spacial score (nSPS) is 21.9. The maximum Gasteiger partial charge on any atom is 0.317 e. The molecule has 6 nitrogen and oxygen atoms in total. The third-order valence-corrected chi connectivity index (χ3v) is 4.02. The van der Waals surface area contributed by atoms with Crippen molar-refractivity contribution in [3.05, 3.63) is 0 Å². The molecule has 0 spiro atoms. The lowest BCUT2D eigenvalue weighted by Gasteiger charge is -2.30. The number of rotatable bonds is 6. The lowest BCUT2D eigenvalue weighted by atomic mass is 10.2. The number of carbonyl (C=O) groups excluding carboxylic acids is 2. The number of urea groups is 1. The molecule has 114 valence electrons. The molecule has 3 amide bonds. The van der Waals surface area contributed by atoms with Gasteiger partial charge in [-0.1, -0.05) is 0 Å². The number of nitrogens with zero attached hydrogens (tertiary/aromatic N) is 2. The molecule has 1 aliphatic heterocycles. The zero-order valence-corrected chi connectivity index (χ0v) is 12.4. The van der Waals surface area contributed by atoms with Crippen molar-refractivity contribution < 1.29 is 14.3 Å². The molecule has 1 heterocycles. The summed E-state index contributed by atoms with van der Waals surface area (Å²) in [4.78, 5) is 27.6. The summed E-state index contributed by atoms with van der Waals surface area (Å²) in [5.74, 6) is 0.124. The fourth-order valence-corrected chi connectivity index (χ4v) is 2.80. The van der Waals surface area contributed by atoms with Gasteiger partial charge in [-0.05, 0) is 25.7 Å². The maximum atomic E-state index is 12.1. The molecule has 0 radical (unpaired) electrons. The van der Waals surface area contributed by atoms with E-state index in [1.54, 1.807) is 14.0 Å². The van der Waals surface area contributed by atoms with Crippen LogP contribution in [0.25, 0.3) is 0 Å². The predicted molar refractivity (Wildman–Crippen MR) is 75.4 cm³/mol. The van der Waals surface area contributed by atoms with Crippen molar-refractivity contribution in [3.8, 4) is 0 Å². The number of likely N-dealkylation sites (tertiary alicyclic amines) is 1. The van der Waals surface area contributed by atoms with E-state index in [4.69, 9.17) is 4.74 Å². The third kappa shape index (κ3) is 3.85. The second-order valence-electron chi connectivity index (χ2n) is 5.62. The predicted octanol–water partition coefficient (Wildman–Crippen LogP) is 0.818. The van der Waals surface area contributed by atoms with E-state index in [9.17, 15) is 9.59 Å². The minimum Gasteiger partial charge on any atom is -0.383 e. The van der Waals surface area contributed by atoms with Gasteiger partial charge in [-0.2, -0.15) is 0 Å². The van der Waals surface area contributed by atoms with E-state index in [-0.39, 0.29) is 18.0 Å². The van der Waals surface area contributed by atoms with Gasteiger partial charge in [0.1, 0.15) is 0 Å². The fourth-order valence-electron chi connectivity index (χ4n) is 2.80. The zero-order valence-electron chi connectivity index (χ0n) is 12.4. The number of ether oxygens (including phenoxy) is 1. The van der Waals surface area contributed by atoms with Gasteiger partial charge in [0.05, 0.1) is 12.6 Å². The van der Waals surface area contributed by atoms with Crippen LogP contribution in [0.3, 0.4) is 0 Å². The monoisotopic (exact) mass is 283 g/mol. The second kappa shape index (κ2) is 6.92.